The molecule has 0 aliphatic carbocycles. The molecule has 2 heterocycles. The van der Waals surface area contributed by atoms with E-state index in [1.165, 1.54) is 11.3 Å². The smallest absolute Gasteiger partial charge is 0.252 e. The quantitative estimate of drug-likeness (QED) is 0.356. The van der Waals surface area contributed by atoms with Gasteiger partial charge in [0.15, 0.2) is 21.5 Å². The highest BCUT2D eigenvalue weighted by Crippen LogP contribution is 2.40. The molecular formula is C25H28N8S. The van der Waals surface area contributed by atoms with Gasteiger partial charge in [0.1, 0.15) is 12.1 Å². The summed E-state index contributed by atoms with van der Waals surface area (Å²) in [7, 11) is 0. The Labute approximate surface area is 204 Å². The molecule has 0 aliphatic heterocycles. The van der Waals surface area contributed by atoms with Gasteiger partial charge in [-0.3, -0.25) is 4.57 Å². The van der Waals surface area contributed by atoms with Crippen LogP contribution in [0.2, 0.25) is 0 Å². The minimum atomic E-state index is -0.228. The third-order valence-electron chi connectivity index (χ3n) is 5.29. The fourth-order valence-electron chi connectivity index (χ4n) is 3.38. The minimum absolute atomic E-state index is 0.0309. The van der Waals surface area contributed by atoms with Gasteiger partial charge >= 0.3 is 0 Å². The van der Waals surface area contributed by atoms with Gasteiger partial charge in [-0.25, -0.2) is 4.98 Å². The lowest BCUT2D eigenvalue weighted by Gasteiger charge is -2.18. The Kier molecular flexibility index (Phi) is 7.60. The average Bonchev–Trinajstić information content (AvgIpc) is 3.40. The number of hydrogen-bond acceptors (Lipinski definition) is 8. The van der Waals surface area contributed by atoms with Gasteiger partial charge in [0, 0.05) is 18.5 Å². The van der Waals surface area contributed by atoms with Crippen molar-refractivity contribution in [2.24, 2.45) is 10.2 Å². The number of thiazole rings is 1. The Morgan fingerprint density at radius 3 is 2.29 bits per heavy atom. The van der Waals surface area contributed by atoms with Gasteiger partial charge in [-0.15, -0.1) is 10.2 Å². The first kappa shape index (κ1) is 24.8. The normalized spacial score (nSPS) is 11.4. The summed E-state index contributed by atoms with van der Waals surface area (Å²) in [5.41, 5.74) is 2.75. The highest BCUT2D eigenvalue weighted by atomic mass is 32.1. The molecular weight excluding hydrogens is 444 g/mol. The highest BCUT2D eigenvalue weighted by Gasteiger charge is 2.25. The molecule has 0 N–H and O–H groups in total. The summed E-state index contributed by atoms with van der Waals surface area (Å²) in [6.07, 6.45) is 1.77. The van der Waals surface area contributed by atoms with E-state index >= 15 is 0 Å². The molecule has 0 unspecified atom stereocenters. The molecule has 0 saturated heterocycles. The first-order valence-corrected chi connectivity index (χ1v) is 11.9. The maximum absolute atomic E-state index is 9.70. The van der Waals surface area contributed by atoms with Crippen LogP contribution >= 0.6 is 11.3 Å². The summed E-state index contributed by atoms with van der Waals surface area (Å²) in [4.78, 5) is 11.3. The van der Waals surface area contributed by atoms with Crippen LogP contribution in [0.3, 0.4) is 0 Å². The van der Waals surface area contributed by atoms with Crippen molar-refractivity contribution >= 4 is 33.5 Å². The molecule has 3 rings (SSSR count). The lowest BCUT2D eigenvalue weighted by atomic mass is 9.93. The molecule has 0 amide bonds. The Balaban J connectivity index is 2.06. The molecule has 0 fully saturated rings. The predicted octanol–water partition coefficient (Wildman–Crippen LogP) is 6.33. The molecule has 1 aromatic carbocycles. The first-order chi connectivity index (χ1) is 16.2. The number of azo groups is 1. The summed E-state index contributed by atoms with van der Waals surface area (Å²) < 4.78 is 1.62. The largest absolute Gasteiger partial charge is 0.349 e. The second-order valence-electron chi connectivity index (χ2n) is 8.64. The topological polar surface area (TPSA) is 106 Å². The Hall–Kier alpha value is -3.82. The molecule has 0 spiro atoms. The molecule has 0 aliphatic rings. The van der Waals surface area contributed by atoms with Crippen LogP contribution in [-0.2, 0) is 12.0 Å². The fraction of sp³-hybridized carbons (Fsp3) is 0.360. The van der Waals surface area contributed by atoms with Crippen molar-refractivity contribution in [2.75, 3.05) is 18.0 Å². The number of benzene rings is 1. The standard InChI is InChI=1S/C25H28N8S/c1-7-17-10-12-18(13-11-17)16-33-20(15-27)19(14-26)28-23(33)31-30-22-21(25(4,5)6)29-24(34-22)32(8-2)9-3/h7,10-13H,1,8-9,16H2,2-6H3. The van der Waals surface area contributed by atoms with Crippen molar-refractivity contribution in [3.8, 4) is 12.1 Å². The molecule has 0 radical (unpaired) electrons. The zero-order valence-corrected chi connectivity index (χ0v) is 21.0. The molecule has 0 saturated carbocycles. The van der Waals surface area contributed by atoms with Gasteiger partial charge in [0.25, 0.3) is 5.95 Å². The Bertz CT molecular complexity index is 1270. The van der Waals surface area contributed by atoms with Crippen LogP contribution in [0.15, 0.2) is 41.1 Å². The van der Waals surface area contributed by atoms with E-state index in [0.29, 0.717) is 11.5 Å². The van der Waals surface area contributed by atoms with Crippen LogP contribution in [0.5, 0.6) is 0 Å². The molecule has 9 heteroatoms. The van der Waals surface area contributed by atoms with Crippen LogP contribution in [0.25, 0.3) is 6.08 Å². The Morgan fingerprint density at radius 1 is 1.09 bits per heavy atom. The van der Waals surface area contributed by atoms with Gasteiger partial charge in [-0.2, -0.15) is 15.5 Å². The van der Waals surface area contributed by atoms with Crippen molar-refractivity contribution < 1.29 is 0 Å². The molecule has 34 heavy (non-hydrogen) atoms. The van der Waals surface area contributed by atoms with Crippen LogP contribution in [0, 0.1) is 22.7 Å². The Morgan fingerprint density at radius 2 is 1.76 bits per heavy atom. The van der Waals surface area contributed by atoms with Crippen molar-refractivity contribution in [1.82, 2.24) is 14.5 Å². The molecule has 0 bridgehead atoms. The van der Waals surface area contributed by atoms with Crippen LogP contribution in [0.1, 0.15) is 62.8 Å². The predicted molar refractivity (Wildman–Crippen MR) is 136 cm³/mol. The van der Waals surface area contributed by atoms with E-state index in [1.54, 1.807) is 10.6 Å². The van der Waals surface area contributed by atoms with E-state index in [4.69, 9.17) is 4.98 Å². The van der Waals surface area contributed by atoms with Crippen molar-refractivity contribution in [2.45, 2.75) is 46.6 Å². The average molecular weight is 473 g/mol. The molecule has 0 atom stereocenters. The van der Waals surface area contributed by atoms with Crippen molar-refractivity contribution in [3.63, 3.8) is 0 Å². The van der Waals surface area contributed by atoms with E-state index in [9.17, 15) is 10.5 Å². The van der Waals surface area contributed by atoms with Gasteiger partial charge in [0.2, 0.25) is 0 Å². The van der Waals surface area contributed by atoms with E-state index in [0.717, 1.165) is 35.0 Å². The lowest BCUT2D eigenvalue weighted by Crippen LogP contribution is -2.22. The molecule has 3 aromatic rings. The van der Waals surface area contributed by atoms with Gasteiger partial charge in [0.05, 0.1) is 12.2 Å². The second kappa shape index (κ2) is 10.4. The van der Waals surface area contributed by atoms with Crippen molar-refractivity contribution in [3.05, 3.63) is 59.1 Å². The van der Waals surface area contributed by atoms with Gasteiger partial charge in [-0.05, 0) is 25.0 Å². The number of nitriles is 2. The number of rotatable bonds is 8. The van der Waals surface area contributed by atoms with Crippen molar-refractivity contribution in [1.29, 1.82) is 10.5 Å². The fourth-order valence-corrected chi connectivity index (χ4v) is 4.60. The first-order valence-electron chi connectivity index (χ1n) is 11.1. The number of nitrogens with zero attached hydrogens (tertiary/aromatic N) is 8. The van der Waals surface area contributed by atoms with Gasteiger partial charge < -0.3 is 4.90 Å². The zero-order valence-electron chi connectivity index (χ0n) is 20.2. The monoisotopic (exact) mass is 472 g/mol. The SMILES string of the molecule is C=Cc1ccc(Cn2c(N=Nc3sc(N(CC)CC)nc3C(C)(C)C)nc(C#N)c2C#N)cc1. The minimum Gasteiger partial charge on any atom is -0.349 e. The van der Waals surface area contributed by atoms with E-state index in [2.05, 4.69) is 67.4 Å². The summed E-state index contributed by atoms with van der Waals surface area (Å²) in [6.45, 7) is 16.2. The summed E-state index contributed by atoms with van der Waals surface area (Å²) in [5, 5.41) is 29.7. The number of anilines is 1. The van der Waals surface area contributed by atoms with E-state index in [1.807, 2.05) is 30.3 Å². The molecule has 2 aromatic heterocycles. The van der Waals surface area contributed by atoms with Crippen LogP contribution in [-0.4, -0.2) is 27.6 Å². The maximum Gasteiger partial charge on any atom is 0.252 e. The lowest BCUT2D eigenvalue weighted by molar-refractivity contribution is 0.573. The third-order valence-corrected chi connectivity index (χ3v) is 6.29. The zero-order chi connectivity index (χ0) is 24.9. The van der Waals surface area contributed by atoms with Crippen LogP contribution in [0.4, 0.5) is 16.1 Å². The van der Waals surface area contributed by atoms with Gasteiger partial charge in [-0.1, -0.05) is 69.0 Å². The highest BCUT2D eigenvalue weighted by molar-refractivity contribution is 7.19. The summed E-state index contributed by atoms with van der Waals surface area (Å²) >= 11 is 1.48. The van der Waals surface area contributed by atoms with Crippen LogP contribution < -0.4 is 4.90 Å². The number of imidazole rings is 1. The third kappa shape index (κ3) is 5.22. The maximum atomic E-state index is 9.70. The van der Waals surface area contributed by atoms with E-state index < -0.39 is 0 Å². The summed E-state index contributed by atoms with van der Waals surface area (Å²) in [5.74, 6) is 0.207. The molecule has 174 valence electrons. The number of hydrogen-bond donors (Lipinski definition) is 0. The number of aromatic nitrogens is 3. The summed E-state index contributed by atoms with van der Waals surface area (Å²) in [6, 6.07) is 11.9. The molecule has 8 nitrogen and oxygen atoms in total. The van der Waals surface area contributed by atoms with E-state index in [-0.39, 0.29) is 22.8 Å². The second-order valence-corrected chi connectivity index (χ2v) is 9.59.